The Balaban J connectivity index is 1.83. The van der Waals surface area contributed by atoms with Crippen LogP contribution in [0.4, 0.5) is 0 Å². The van der Waals surface area contributed by atoms with Gasteiger partial charge in [-0.1, -0.05) is 41.9 Å². The number of aromatic nitrogens is 1. The van der Waals surface area contributed by atoms with Crippen molar-refractivity contribution in [2.45, 2.75) is 12.5 Å². The second-order valence-corrected chi connectivity index (χ2v) is 5.41. The van der Waals surface area contributed by atoms with Crippen molar-refractivity contribution in [1.29, 1.82) is 0 Å². The van der Waals surface area contributed by atoms with E-state index in [0.717, 1.165) is 25.3 Å². The van der Waals surface area contributed by atoms with Crippen molar-refractivity contribution in [2.24, 2.45) is 5.92 Å². The molecular formula is C16H17ClN2O. The number of ether oxygens (including phenoxy) is 1. The van der Waals surface area contributed by atoms with E-state index in [1.807, 2.05) is 24.3 Å². The Hall–Kier alpha value is -1.58. The average molecular weight is 289 g/mol. The summed E-state index contributed by atoms with van der Waals surface area (Å²) in [6.07, 6.45) is 2.86. The third kappa shape index (κ3) is 3.11. The van der Waals surface area contributed by atoms with E-state index in [-0.39, 0.29) is 6.10 Å². The number of nitrogens with zero attached hydrogens (tertiary/aromatic N) is 1. The SMILES string of the molecule is Clc1ccc(OC(c2ccccc2)C2CCNC2)cn1. The van der Waals surface area contributed by atoms with Crippen LogP contribution in [0, 0.1) is 5.92 Å². The Morgan fingerprint density at radius 2 is 2.05 bits per heavy atom. The van der Waals surface area contributed by atoms with Gasteiger partial charge in [0.1, 0.15) is 17.0 Å². The molecule has 1 aromatic carbocycles. The molecule has 1 fully saturated rings. The van der Waals surface area contributed by atoms with E-state index in [2.05, 4.69) is 22.4 Å². The van der Waals surface area contributed by atoms with Gasteiger partial charge >= 0.3 is 0 Å². The topological polar surface area (TPSA) is 34.1 Å². The maximum absolute atomic E-state index is 6.18. The van der Waals surface area contributed by atoms with Gasteiger partial charge in [-0.15, -0.1) is 0 Å². The first-order chi connectivity index (χ1) is 9.83. The molecule has 1 aromatic heterocycles. The van der Waals surface area contributed by atoms with Crippen LogP contribution in [0.1, 0.15) is 18.1 Å². The molecule has 0 aliphatic carbocycles. The quantitative estimate of drug-likeness (QED) is 0.875. The van der Waals surface area contributed by atoms with E-state index in [4.69, 9.17) is 16.3 Å². The highest BCUT2D eigenvalue weighted by molar-refractivity contribution is 6.29. The number of halogens is 1. The minimum absolute atomic E-state index is 0.0502. The number of rotatable bonds is 4. The Labute approximate surface area is 123 Å². The van der Waals surface area contributed by atoms with Gasteiger partial charge in [0.25, 0.3) is 0 Å². The molecule has 2 aromatic rings. The second kappa shape index (κ2) is 6.25. The van der Waals surface area contributed by atoms with E-state index in [9.17, 15) is 0 Å². The van der Waals surface area contributed by atoms with Gasteiger partial charge < -0.3 is 10.1 Å². The van der Waals surface area contributed by atoms with Crippen LogP contribution in [0.25, 0.3) is 0 Å². The Morgan fingerprint density at radius 1 is 1.20 bits per heavy atom. The molecule has 2 heterocycles. The third-order valence-electron chi connectivity index (χ3n) is 3.62. The van der Waals surface area contributed by atoms with Crippen LogP contribution in [-0.2, 0) is 0 Å². The molecule has 0 radical (unpaired) electrons. The zero-order valence-corrected chi connectivity index (χ0v) is 11.9. The van der Waals surface area contributed by atoms with Crippen molar-refractivity contribution >= 4 is 11.6 Å². The first kappa shape index (κ1) is 13.4. The number of nitrogens with one attached hydrogen (secondary N) is 1. The molecule has 2 unspecified atom stereocenters. The van der Waals surface area contributed by atoms with Crippen molar-refractivity contribution in [2.75, 3.05) is 13.1 Å². The van der Waals surface area contributed by atoms with Gasteiger partial charge in [0, 0.05) is 12.5 Å². The molecule has 3 rings (SSSR count). The fraction of sp³-hybridized carbons (Fsp3) is 0.312. The molecule has 1 aliphatic heterocycles. The zero-order valence-electron chi connectivity index (χ0n) is 11.1. The summed E-state index contributed by atoms with van der Waals surface area (Å²) in [7, 11) is 0. The fourth-order valence-corrected chi connectivity index (χ4v) is 2.70. The third-order valence-corrected chi connectivity index (χ3v) is 3.84. The van der Waals surface area contributed by atoms with Gasteiger partial charge in [-0.3, -0.25) is 0 Å². The smallest absolute Gasteiger partial charge is 0.138 e. The van der Waals surface area contributed by atoms with Gasteiger partial charge in [0.2, 0.25) is 0 Å². The summed E-state index contributed by atoms with van der Waals surface area (Å²) in [6.45, 7) is 2.04. The first-order valence-electron chi connectivity index (χ1n) is 6.87. The summed E-state index contributed by atoms with van der Waals surface area (Å²) in [4.78, 5) is 4.08. The van der Waals surface area contributed by atoms with Gasteiger partial charge in [0.05, 0.1) is 6.20 Å². The van der Waals surface area contributed by atoms with Gasteiger partial charge in [-0.2, -0.15) is 0 Å². The van der Waals surface area contributed by atoms with Crippen molar-refractivity contribution in [3.8, 4) is 5.75 Å². The van der Waals surface area contributed by atoms with Crippen LogP contribution >= 0.6 is 11.6 Å². The highest BCUT2D eigenvalue weighted by Gasteiger charge is 2.27. The maximum Gasteiger partial charge on any atom is 0.138 e. The molecule has 1 saturated heterocycles. The molecule has 1 aliphatic rings. The number of hydrogen-bond donors (Lipinski definition) is 1. The molecule has 0 amide bonds. The minimum Gasteiger partial charge on any atom is -0.484 e. The Bertz CT molecular complexity index is 538. The number of pyridine rings is 1. The lowest BCUT2D eigenvalue weighted by atomic mass is 9.95. The van der Waals surface area contributed by atoms with Crippen LogP contribution in [0.3, 0.4) is 0 Å². The summed E-state index contributed by atoms with van der Waals surface area (Å²) in [5, 5.41) is 3.88. The standard InChI is InChI=1S/C16H17ClN2O/c17-15-7-6-14(11-19-15)20-16(13-8-9-18-10-13)12-4-2-1-3-5-12/h1-7,11,13,16,18H,8-10H2. The lowest BCUT2D eigenvalue weighted by Crippen LogP contribution is -2.21. The molecule has 4 heteroatoms. The summed E-state index contributed by atoms with van der Waals surface area (Å²) in [5.41, 5.74) is 1.20. The predicted molar refractivity (Wildman–Crippen MR) is 80.0 cm³/mol. The van der Waals surface area contributed by atoms with Crippen molar-refractivity contribution in [3.05, 3.63) is 59.4 Å². The largest absolute Gasteiger partial charge is 0.484 e. The minimum atomic E-state index is 0.0502. The molecule has 1 N–H and O–H groups in total. The van der Waals surface area contributed by atoms with Crippen LogP contribution in [0.15, 0.2) is 48.7 Å². The Morgan fingerprint density at radius 3 is 2.70 bits per heavy atom. The average Bonchev–Trinajstić information content (AvgIpc) is 3.01. The zero-order chi connectivity index (χ0) is 13.8. The van der Waals surface area contributed by atoms with E-state index in [1.54, 1.807) is 12.3 Å². The van der Waals surface area contributed by atoms with Crippen molar-refractivity contribution < 1.29 is 4.74 Å². The Kier molecular flexibility index (Phi) is 4.19. The van der Waals surface area contributed by atoms with Crippen LogP contribution in [0.5, 0.6) is 5.75 Å². The first-order valence-corrected chi connectivity index (χ1v) is 7.24. The van der Waals surface area contributed by atoms with Gasteiger partial charge in [-0.05, 0) is 30.7 Å². The number of benzene rings is 1. The summed E-state index contributed by atoms with van der Waals surface area (Å²) in [5.74, 6) is 1.24. The number of hydrogen-bond acceptors (Lipinski definition) is 3. The molecule has 2 atom stereocenters. The van der Waals surface area contributed by atoms with Crippen LogP contribution in [-0.4, -0.2) is 18.1 Å². The van der Waals surface area contributed by atoms with E-state index < -0.39 is 0 Å². The lowest BCUT2D eigenvalue weighted by Gasteiger charge is -2.24. The van der Waals surface area contributed by atoms with Crippen molar-refractivity contribution in [3.63, 3.8) is 0 Å². The monoisotopic (exact) mass is 288 g/mol. The van der Waals surface area contributed by atoms with Gasteiger partial charge in [-0.25, -0.2) is 4.98 Å². The fourth-order valence-electron chi connectivity index (χ4n) is 2.59. The molecule has 104 valence electrons. The molecule has 3 nitrogen and oxygen atoms in total. The summed E-state index contributed by atoms with van der Waals surface area (Å²) >= 11 is 5.82. The van der Waals surface area contributed by atoms with E-state index in [0.29, 0.717) is 11.1 Å². The predicted octanol–water partition coefficient (Wildman–Crippen LogP) is 3.46. The molecule has 20 heavy (non-hydrogen) atoms. The molecular weight excluding hydrogens is 272 g/mol. The van der Waals surface area contributed by atoms with Crippen LogP contribution < -0.4 is 10.1 Å². The maximum atomic E-state index is 6.18. The van der Waals surface area contributed by atoms with Crippen LogP contribution in [0.2, 0.25) is 5.15 Å². The van der Waals surface area contributed by atoms with Crippen molar-refractivity contribution in [1.82, 2.24) is 10.3 Å². The molecule has 0 saturated carbocycles. The molecule has 0 spiro atoms. The summed E-state index contributed by atoms with van der Waals surface area (Å²) < 4.78 is 6.18. The summed E-state index contributed by atoms with van der Waals surface area (Å²) in [6, 6.07) is 14.0. The second-order valence-electron chi connectivity index (χ2n) is 5.02. The normalized spacial score (nSPS) is 19.8. The lowest BCUT2D eigenvalue weighted by molar-refractivity contribution is 0.144. The van der Waals surface area contributed by atoms with Gasteiger partial charge in [0.15, 0.2) is 0 Å². The molecule has 0 bridgehead atoms. The highest BCUT2D eigenvalue weighted by Crippen LogP contribution is 2.31. The van der Waals surface area contributed by atoms with E-state index >= 15 is 0 Å². The van der Waals surface area contributed by atoms with E-state index in [1.165, 1.54) is 5.56 Å². The highest BCUT2D eigenvalue weighted by atomic mass is 35.5.